The molecule has 1 aromatic carbocycles. The van der Waals surface area contributed by atoms with Gasteiger partial charge in [0.25, 0.3) is 5.91 Å². The molecule has 2 rings (SSSR count). The Morgan fingerprint density at radius 2 is 1.95 bits per heavy atom. The van der Waals surface area contributed by atoms with Crippen LogP contribution >= 0.6 is 0 Å². The summed E-state index contributed by atoms with van der Waals surface area (Å²) in [6.45, 7) is 4.10. The summed E-state index contributed by atoms with van der Waals surface area (Å²) >= 11 is 0. The van der Waals surface area contributed by atoms with E-state index in [-0.39, 0.29) is 5.91 Å². The lowest BCUT2D eigenvalue weighted by molar-refractivity contribution is -0.139. The van der Waals surface area contributed by atoms with Crippen molar-refractivity contribution in [2.45, 2.75) is 19.4 Å². The van der Waals surface area contributed by atoms with E-state index in [9.17, 15) is 9.59 Å². The Hall–Kier alpha value is -2.32. The number of ether oxygens (including phenoxy) is 1. The molecule has 1 N–H and O–H groups in total. The number of benzene rings is 1. The summed E-state index contributed by atoms with van der Waals surface area (Å²) in [5, 5.41) is 2.69. The second kappa shape index (κ2) is 8.20. The van der Waals surface area contributed by atoms with Crippen molar-refractivity contribution in [3.63, 3.8) is 0 Å². The van der Waals surface area contributed by atoms with Crippen LogP contribution in [0.4, 0.5) is 0 Å². The van der Waals surface area contributed by atoms with Crippen LogP contribution in [0.2, 0.25) is 0 Å². The van der Waals surface area contributed by atoms with Crippen LogP contribution in [0.5, 0.6) is 0 Å². The molecule has 0 saturated carbocycles. The van der Waals surface area contributed by atoms with Gasteiger partial charge in [0.2, 0.25) is 5.91 Å². The normalized spacial score (nSPS) is 15.4. The summed E-state index contributed by atoms with van der Waals surface area (Å²) in [6, 6.07) is 8.74. The predicted octanol–water partition coefficient (Wildman–Crippen LogP) is 0.792. The maximum atomic E-state index is 12.3. The minimum absolute atomic E-state index is 0.0688. The molecule has 5 heteroatoms. The van der Waals surface area contributed by atoms with Gasteiger partial charge in [-0.1, -0.05) is 31.0 Å². The Bertz CT molecular complexity index is 569. The van der Waals surface area contributed by atoms with E-state index in [4.69, 9.17) is 4.74 Å². The number of morpholine rings is 1. The van der Waals surface area contributed by atoms with Gasteiger partial charge in [-0.25, -0.2) is 0 Å². The zero-order chi connectivity index (χ0) is 15.8. The van der Waals surface area contributed by atoms with E-state index in [2.05, 4.69) is 17.2 Å². The van der Waals surface area contributed by atoms with Gasteiger partial charge in [-0.05, 0) is 18.6 Å². The number of rotatable bonds is 3. The molecular weight excluding hydrogens is 280 g/mol. The van der Waals surface area contributed by atoms with Crippen LogP contribution in [0.15, 0.2) is 30.3 Å². The van der Waals surface area contributed by atoms with Gasteiger partial charge >= 0.3 is 0 Å². The molecular formula is C17H20N2O3. The molecule has 5 nitrogen and oxygen atoms in total. The molecule has 1 atom stereocenters. The van der Waals surface area contributed by atoms with Crippen molar-refractivity contribution in [1.29, 1.82) is 0 Å². The first kappa shape index (κ1) is 16.1. The molecule has 0 unspecified atom stereocenters. The number of nitrogens with one attached hydrogen (secondary N) is 1. The van der Waals surface area contributed by atoms with Gasteiger partial charge in [-0.3, -0.25) is 9.59 Å². The highest BCUT2D eigenvalue weighted by molar-refractivity contribution is 5.97. The first-order valence-corrected chi connectivity index (χ1v) is 7.45. The van der Waals surface area contributed by atoms with Crippen molar-refractivity contribution in [2.75, 3.05) is 26.3 Å². The quantitative estimate of drug-likeness (QED) is 0.840. The second-order valence-electron chi connectivity index (χ2n) is 4.99. The lowest BCUT2D eigenvalue weighted by Gasteiger charge is -2.30. The van der Waals surface area contributed by atoms with Crippen molar-refractivity contribution in [3.05, 3.63) is 35.9 Å². The van der Waals surface area contributed by atoms with Gasteiger partial charge in [0.1, 0.15) is 6.04 Å². The zero-order valence-corrected chi connectivity index (χ0v) is 12.7. The summed E-state index contributed by atoms with van der Waals surface area (Å²) in [5.74, 6) is 4.81. The molecule has 1 aromatic rings. The number of amides is 2. The zero-order valence-electron chi connectivity index (χ0n) is 12.7. The van der Waals surface area contributed by atoms with Crippen molar-refractivity contribution in [2.24, 2.45) is 0 Å². The highest BCUT2D eigenvalue weighted by Gasteiger charge is 2.25. The van der Waals surface area contributed by atoms with E-state index in [0.29, 0.717) is 32.7 Å². The lowest BCUT2D eigenvalue weighted by Crippen LogP contribution is -2.51. The van der Waals surface area contributed by atoms with Crippen LogP contribution in [0, 0.1) is 11.8 Å². The third kappa shape index (κ3) is 4.61. The van der Waals surface area contributed by atoms with E-state index < -0.39 is 11.9 Å². The topological polar surface area (TPSA) is 58.6 Å². The Morgan fingerprint density at radius 3 is 2.59 bits per heavy atom. The van der Waals surface area contributed by atoms with Gasteiger partial charge in [0, 0.05) is 24.6 Å². The summed E-state index contributed by atoms with van der Waals surface area (Å²) in [7, 11) is 0. The first-order chi connectivity index (χ1) is 10.7. The minimum atomic E-state index is -0.532. The van der Waals surface area contributed by atoms with Gasteiger partial charge in [-0.2, -0.15) is 0 Å². The molecule has 116 valence electrons. The average Bonchev–Trinajstić information content (AvgIpc) is 2.59. The summed E-state index contributed by atoms with van der Waals surface area (Å²) in [4.78, 5) is 26.0. The number of hydrogen-bond acceptors (Lipinski definition) is 3. The van der Waals surface area contributed by atoms with Crippen molar-refractivity contribution in [3.8, 4) is 11.8 Å². The fourth-order valence-electron chi connectivity index (χ4n) is 2.19. The van der Waals surface area contributed by atoms with E-state index in [1.165, 1.54) is 0 Å². The monoisotopic (exact) mass is 300 g/mol. The maximum absolute atomic E-state index is 12.3. The molecule has 0 aliphatic carbocycles. The maximum Gasteiger partial charge on any atom is 0.296 e. The van der Waals surface area contributed by atoms with Crippen LogP contribution in [0.1, 0.15) is 18.9 Å². The van der Waals surface area contributed by atoms with Gasteiger partial charge < -0.3 is 15.0 Å². The Kier molecular flexibility index (Phi) is 5.99. The van der Waals surface area contributed by atoms with Crippen LogP contribution in [0.25, 0.3) is 0 Å². The molecule has 1 aliphatic heterocycles. The van der Waals surface area contributed by atoms with Gasteiger partial charge in [0.05, 0.1) is 13.2 Å². The summed E-state index contributed by atoms with van der Waals surface area (Å²) in [6.07, 6.45) is 0.537. The third-order valence-electron chi connectivity index (χ3n) is 3.43. The molecule has 1 heterocycles. The third-order valence-corrected chi connectivity index (χ3v) is 3.43. The van der Waals surface area contributed by atoms with E-state index in [1.54, 1.807) is 4.90 Å². The molecule has 1 aliphatic rings. The molecule has 0 bridgehead atoms. The molecule has 1 saturated heterocycles. The Morgan fingerprint density at radius 1 is 1.27 bits per heavy atom. The fraction of sp³-hybridized carbons (Fsp3) is 0.412. The summed E-state index contributed by atoms with van der Waals surface area (Å²) in [5.41, 5.74) is 0.769. The van der Waals surface area contributed by atoms with E-state index in [1.807, 2.05) is 37.3 Å². The number of carbonyl (C=O) groups excluding carboxylic acids is 2. The van der Waals surface area contributed by atoms with Crippen molar-refractivity contribution in [1.82, 2.24) is 10.2 Å². The van der Waals surface area contributed by atoms with Crippen LogP contribution in [-0.4, -0.2) is 49.1 Å². The van der Waals surface area contributed by atoms with Gasteiger partial charge in [-0.15, -0.1) is 0 Å². The molecule has 0 radical (unpaired) electrons. The van der Waals surface area contributed by atoms with E-state index in [0.717, 1.165) is 5.56 Å². The minimum Gasteiger partial charge on any atom is -0.378 e. The van der Waals surface area contributed by atoms with Crippen LogP contribution in [0.3, 0.4) is 0 Å². The van der Waals surface area contributed by atoms with Gasteiger partial charge in [0.15, 0.2) is 0 Å². The number of carbonyl (C=O) groups is 2. The van der Waals surface area contributed by atoms with Crippen molar-refractivity contribution >= 4 is 11.8 Å². The molecule has 0 spiro atoms. The SMILES string of the molecule is CC[C@H](NC(=O)C#Cc1ccccc1)C(=O)N1CCOCC1. The lowest BCUT2D eigenvalue weighted by atomic mass is 10.2. The van der Waals surface area contributed by atoms with Crippen LogP contribution < -0.4 is 5.32 Å². The second-order valence-corrected chi connectivity index (χ2v) is 4.99. The largest absolute Gasteiger partial charge is 0.378 e. The fourth-order valence-corrected chi connectivity index (χ4v) is 2.19. The Balaban J connectivity index is 1.93. The number of hydrogen-bond donors (Lipinski definition) is 1. The molecule has 1 fully saturated rings. The standard InChI is InChI=1S/C17H20N2O3/c1-2-15(17(21)19-10-12-22-13-11-19)18-16(20)9-8-14-6-4-3-5-7-14/h3-7,15H,2,10-13H2,1H3,(H,18,20)/t15-/m0/s1. The molecule has 22 heavy (non-hydrogen) atoms. The highest BCUT2D eigenvalue weighted by atomic mass is 16.5. The molecule has 2 amide bonds. The van der Waals surface area contributed by atoms with Crippen molar-refractivity contribution < 1.29 is 14.3 Å². The molecule has 0 aromatic heterocycles. The Labute approximate surface area is 130 Å². The van der Waals surface area contributed by atoms with E-state index >= 15 is 0 Å². The number of nitrogens with zero attached hydrogens (tertiary/aromatic N) is 1. The highest BCUT2D eigenvalue weighted by Crippen LogP contribution is 2.03. The predicted molar refractivity (Wildman–Crippen MR) is 82.9 cm³/mol. The van der Waals surface area contributed by atoms with Crippen LogP contribution in [-0.2, 0) is 14.3 Å². The first-order valence-electron chi connectivity index (χ1n) is 7.45. The smallest absolute Gasteiger partial charge is 0.296 e. The average molecular weight is 300 g/mol. The summed E-state index contributed by atoms with van der Waals surface area (Å²) < 4.78 is 5.23.